The van der Waals surface area contributed by atoms with E-state index in [1.54, 1.807) is 7.11 Å². The molecule has 4 atom stereocenters. The summed E-state index contributed by atoms with van der Waals surface area (Å²) in [7, 11) is 1.62. The predicted molar refractivity (Wildman–Crippen MR) is 109 cm³/mol. The van der Waals surface area contributed by atoms with E-state index in [1.165, 1.54) is 0 Å². The zero-order valence-corrected chi connectivity index (χ0v) is 17.2. The van der Waals surface area contributed by atoms with E-state index >= 15 is 0 Å². The van der Waals surface area contributed by atoms with E-state index in [0.29, 0.717) is 28.3 Å². The van der Waals surface area contributed by atoms with Crippen LogP contribution in [0.2, 0.25) is 0 Å². The van der Waals surface area contributed by atoms with Crippen LogP contribution in [0.4, 0.5) is 0 Å². The first-order valence-electron chi connectivity index (χ1n) is 9.52. The van der Waals surface area contributed by atoms with Crippen molar-refractivity contribution in [2.24, 2.45) is 11.8 Å². The molecule has 1 fully saturated rings. The summed E-state index contributed by atoms with van der Waals surface area (Å²) in [5, 5.41) is 6.75. The highest BCUT2D eigenvalue weighted by atomic mass is 32.1. The zero-order chi connectivity index (χ0) is 19.6. The fourth-order valence-corrected chi connectivity index (χ4v) is 4.19. The summed E-state index contributed by atoms with van der Waals surface area (Å²) >= 11 is 5.32. The van der Waals surface area contributed by atoms with Gasteiger partial charge in [0.15, 0.2) is 5.11 Å². The molecule has 5 nitrogen and oxygen atoms in total. The molecule has 2 aliphatic rings. The van der Waals surface area contributed by atoms with Crippen molar-refractivity contribution < 1.29 is 14.3 Å². The van der Waals surface area contributed by atoms with E-state index in [-0.39, 0.29) is 12.1 Å². The summed E-state index contributed by atoms with van der Waals surface area (Å²) in [6.07, 6.45) is 2.89. The average molecular weight is 389 g/mol. The molecule has 0 radical (unpaired) electrons. The Morgan fingerprint density at radius 1 is 1.19 bits per heavy atom. The Morgan fingerprint density at radius 3 is 2.63 bits per heavy atom. The van der Waals surface area contributed by atoms with Gasteiger partial charge >= 0.3 is 5.97 Å². The molecule has 0 amide bonds. The smallest absolute Gasteiger partial charge is 0.338 e. The summed E-state index contributed by atoms with van der Waals surface area (Å²) in [4.78, 5) is 13.1. The van der Waals surface area contributed by atoms with Crippen LogP contribution in [0, 0.1) is 11.8 Å². The van der Waals surface area contributed by atoms with E-state index in [4.69, 9.17) is 21.7 Å². The standard InChI is InChI=1S/C21H28N2O3S/c1-12-9-10-15(11-13(12)2)26-20(24)18-14(3)22-21(27)23-19(18)16-7-5-6-8-17(16)25-4/h5-8,12-13,15,19H,9-11H2,1-4H3,(H2,22,23,27)/t12-,13+,15+,19-/m0/s1. The summed E-state index contributed by atoms with van der Waals surface area (Å²) in [6, 6.07) is 7.25. The normalized spacial score (nSPS) is 28.2. The highest BCUT2D eigenvalue weighted by Gasteiger charge is 2.35. The van der Waals surface area contributed by atoms with Gasteiger partial charge in [0.25, 0.3) is 0 Å². The van der Waals surface area contributed by atoms with Crippen molar-refractivity contribution in [3.8, 4) is 5.75 Å². The van der Waals surface area contributed by atoms with Gasteiger partial charge in [-0.2, -0.15) is 0 Å². The Bertz CT molecular complexity index is 762. The second kappa shape index (κ2) is 8.30. The Morgan fingerprint density at radius 2 is 1.93 bits per heavy atom. The lowest BCUT2D eigenvalue weighted by atomic mass is 9.80. The number of para-hydroxylation sites is 1. The molecule has 0 bridgehead atoms. The Balaban J connectivity index is 1.87. The van der Waals surface area contributed by atoms with Gasteiger partial charge in [-0.3, -0.25) is 0 Å². The van der Waals surface area contributed by atoms with Crippen molar-refractivity contribution in [1.82, 2.24) is 10.6 Å². The highest BCUT2D eigenvalue weighted by Crippen LogP contribution is 2.35. The summed E-state index contributed by atoms with van der Waals surface area (Å²) in [6.45, 7) is 6.36. The van der Waals surface area contributed by atoms with Crippen LogP contribution in [-0.4, -0.2) is 24.3 Å². The molecule has 2 N–H and O–H groups in total. The number of carbonyl (C=O) groups excluding carboxylic acids is 1. The molecular formula is C21H28N2O3S. The van der Waals surface area contributed by atoms with Gasteiger partial charge in [-0.1, -0.05) is 32.0 Å². The molecule has 1 saturated carbocycles. The molecule has 1 aromatic rings. The molecule has 3 rings (SSSR count). The zero-order valence-electron chi connectivity index (χ0n) is 16.4. The van der Waals surface area contributed by atoms with Crippen LogP contribution >= 0.6 is 12.2 Å². The first-order valence-corrected chi connectivity index (χ1v) is 9.93. The molecule has 0 aromatic heterocycles. The van der Waals surface area contributed by atoms with Gasteiger partial charge < -0.3 is 20.1 Å². The maximum atomic E-state index is 13.1. The first-order chi connectivity index (χ1) is 12.9. The summed E-state index contributed by atoms with van der Waals surface area (Å²) < 4.78 is 11.4. The number of rotatable bonds is 4. The molecule has 0 unspecified atom stereocenters. The number of esters is 1. The van der Waals surface area contributed by atoms with Crippen LogP contribution in [0.1, 0.15) is 51.6 Å². The van der Waals surface area contributed by atoms with Gasteiger partial charge in [0.05, 0.1) is 18.7 Å². The third-order valence-electron chi connectivity index (χ3n) is 5.76. The second-order valence-corrected chi connectivity index (χ2v) is 8.02. The minimum absolute atomic E-state index is 0.0313. The van der Waals surface area contributed by atoms with E-state index in [1.807, 2.05) is 31.2 Å². The molecule has 0 spiro atoms. The van der Waals surface area contributed by atoms with Crippen molar-refractivity contribution in [3.05, 3.63) is 41.1 Å². The lowest BCUT2D eigenvalue weighted by Crippen LogP contribution is -2.45. The number of methoxy groups -OCH3 is 1. The molecule has 1 heterocycles. The SMILES string of the molecule is COc1ccccc1[C@@H]1NC(=S)NC(C)=C1C(=O)O[C@@H]1CC[C@H](C)[C@H](C)C1. The van der Waals surface area contributed by atoms with Gasteiger partial charge in [0.2, 0.25) is 0 Å². The maximum Gasteiger partial charge on any atom is 0.338 e. The second-order valence-electron chi connectivity index (χ2n) is 7.61. The number of hydrogen-bond donors (Lipinski definition) is 2. The number of nitrogens with one attached hydrogen (secondary N) is 2. The van der Waals surface area contributed by atoms with Crippen molar-refractivity contribution in [2.45, 2.75) is 52.2 Å². The van der Waals surface area contributed by atoms with Crippen LogP contribution < -0.4 is 15.4 Å². The van der Waals surface area contributed by atoms with Gasteiger partial charge in [-0.15, -0.1) is 0 Å². The molecule has 6 heteroatoms. The number of carbonyl (C=O) groups is 1. The van der Waals surface area contributed by atoms with E-state index in [9.17, 15) is 4.79 Å². The van der Waals surface area contributed by atoms with Gasteiger partial charge in [-0.05, 0) is 56.3 Å². The van der Waals surface area contributed by atoms with Crippen LogP contribution in [0.15, 0.2) is 35.5 Å². The lowest BCUT2D eigenvalue weighted by Gasteiger charge is -2.34. The number of thiocarbonyl (C=S) groups is 1. The van der Waals surface area contributed by atoms with Crippen molar-refractivity contribution in [1.29, 1.82) is 0 Å². The Labute approximate surface area is 166 Å². The van der Waals surface area contributed by atoms with Crippen molar-refractivity contribution >= 4 is 23.3 Å². The third-order valence-corrected chi connectivity index (χ3v) is 5.98. The molecular weight excluding hydrogens is 360 g/mol. The molecule has 146 valence electrons. The molecule has 1 aliphatic heterocycles. The number of allylic oxidation sites excluding steroid dienone is 1. The fourth-order valence-electron chi connectivity index (χ4n) is 3.92. The summed E-state index contributed by atoms with van der Waals surface area (Å²) in [5.74, 6) is 1.65. The largest absolute Gasteiger partial charge is 0.496 e. The van der Waals surface area contributed by atoms with Gasteiger partial charge in [-0.25, -0.2) is 4.79 Å². The monoisotopic (exact) mass is 388 g/mol. The predicted octanol–water partition coefficient (Wildman–Crippen LogP) is 3.86. The maximum absolute atomic E-state index is 13.1. The highest BCUT2D eigenvalue weighted by molar-refractivity contribution is 7.80. The molecule has 27 heavy (non-hydrogen) atoms. The lowest BCUT2D eigenvalue weighted by molar-refractivity contribution is -0.147. The molecule has 1 aliphatic carbocycles. The van der Waals surface area contributed by atoms with E-state index in [0.717, 1.165) is 30.5 Å². The minimum Gasteiger partial charge on any atom is -0.496 e. The minimum atomic E-state index is -0.401. The number of benzene rings is 1. The Kier molecular flexibility index (Phi) is 6.05. The fraction of sp³-hybridized carbons (Fsp3) is 0.524. The van der Waals surface area contributed by atoms with Crippen LogP contribution in [0.3, 0.4) is 0 Å². The number of hydrogen-bond acceptors (Lipinski definition) is 4. The van der Waals surface area contributed by atoms with Gasteiger partial charge in [0, 0.05) is 11.3 Å². The van der Waals surface area contributed by atoms with Crippen LogP contribution in [0.25, 0.3) is 0 Å². The average Bonchev–Trinajstić information content (AvgIpc) is 2.64. The Hall–Kier alpha value is -2.08. The molecule has 0 saturated heterocycles. The van der Waals surface area contributed by atoms with Crippen molar-refractivity contribution in [2.75, 3.05) is 7.11 Å². The van der Waals surface area contributed by atoms with Crippen LogP contribution in [0.5, 0.6) is 5.75 Å². The molecule has 1 aromatic carbocycles. The third kappa shape index (κ3) is 4.26. The van der Waals surface area contributed by atoms with Gasteiger partial charge in [0.1, 0.15) is 11.9 Å². The van der Waals surface area contributed by atoms with Crippen molar-refractivity contribution in [3.63, 3.8) is 0 Å². The van der Waals surface area contributed by atoms with E-state index in [2.05, 4.69) is 24.5 Å². The van der Waals surface area contributed by atoms with E-state index < -0.39 is 6.04 Å². The van der Waals surface area contributed by atoms with Crippen LogP contribution in [-0.2, 0) is 9.53 Å². The first kappa shape index (κ1) is 19.7. The topological polar surface area (TPSA) is 59.6 Å². The summed E-state index contributed by atoms with van der Waals surface area (Å²) in [5.41, 5.74) is 2.14. The quantitative estimate of drug-likeness (QED) is 0.603. The number of ether oxygens (including phenoxy) is 2.